The van der Waals surface area contributed by atoms with Crippen LogP contribution in [0.1, 0.15) is 20.3 Å². The summed E-state index contributed by atoms with van der Waals surface area (Å²) in [6.45, 7) is 3.18. The van der Waals surface area contributed by atoms with Crippen LogP contribution in [0.5, 0.6) is 0 Å². The molecule has 0 amide bonds. The second-order valence-corrected chi connectivity index (χ2v) is 2.82. The second-order valence-electron chi connectivity index (χ2n) is 2.44. The Morgan fingerprint density at radius 3 is 2.50 bits per heavy atom. The molecule has 2 nitrogen and oxygen atoms in total. The minimum Gasteiger partial charge on any atom is -0.392 e. The molecule has 1 N–H and O–H groups in total. The van der Waals surface area contributed by atoms with Crippen molar-refractivity contribution >= 4 is 17.4 Å². The number of aliphatic hydroxyl groups is 1. The lowest BCUT2D eigenvalue weighted by atomic mass is 9.99. The summed E-state index contributed by atoms with van der Waals surface area (Å²) in [5, 5.41) is 9.18. The predicted octanol–water partition coefficient (Wildman–Crippen LogP) is 1.20. The Kier molecular flexibility index (Phi) is 4.65. The Labute approximate surface area is 66.2 Å². The van der Waals surface area contributed by atoms with Crippen molar-refractivity contribution in [2.75, 3.05) is 5.88 Å². The second kappa shape index (κ2) is 4.69. The van der Waals surface area contributed by atoms with Crippen molar-refractivity contribution in [3.05, 3.63) is 0 Å². The van der Waals surface area contributed by atoms with Crippen LogP contribution in [0.4, 0.5) is 0 Å². The number of carbonyl (C=O) groups is 1. The number of aliphatic hydroxyl groups excluding tert-OH is 1. The van der Waals surface area contributed by atoms with E-state index in [-0.39, 0.29) is 11.7 Å². The molecule has 0 radical (unpaired) electrons. The predicted molar refractivity (Wildman–Crippen MR) is 41.2 cm³/mol. The number of rotatable bonds is 4. The van der Waals surface area contributed by atoms with Gasteiger partial charge in [-0.05, 0) is 13.3 Å². The molecular formula is C7H13ClO2. The molecule has 0 saturated carbocycles. The minimum atomic E-state index is -0.574. The van der Waals surface area contributed by atoms with Gasteiger partial charge < -0.3 is 5.11 Å². The van der Waals surface area contributed by atoms with Crippen LogP contribution in [-0.2, 0) is 4.79 Å². The molecule has 0 aliphatic heterocycles. The normalized spacial score (nSPS) is 16.4. The summed E-state index contributed by atoms with van der Waals surface area (Å²) in [5.74, 6) is 0.134. The summed E-state index contributed by atoms with van der Waals surface area (Å²) in [6, 6.07) is 0. The first-order chi connectivity index (χ1) is 4.59. The molecule has 0 aromatic carbocycles. The van der Waals surface area contributed by atoms with Gasteiger partial charge in [0.05, 0.1) is 6.10 Å². The number of Topliss-reactive ketones (excluding diaryl/α,β-unsaturated/α-hetero) is 1. The van der Waals surface area contributed by atoms with Gasteiger partial charge in [0.25, 0.3) is 0 Å². The molecule has 2 unspecified atom stereocenters. The molecule has 0 aromatic heterocycles. The molecule has 10 heavy (non-hydrogen) atoms. The van der Waals surface area contributed by atoms with Crippen molar-refractivity contribution < 1.29 is 9.90 Å². The summed E-state index contributed by atoms with van der Waals surface area (Å²) >= 11 is 5.37. The summed E-state index contributed by atoms with van der Waals surface area (Å²) < 4.78 is 0. The third-order valence-corrected chi connectivity index (χ3v) is 1.84. The smallest absolute Gasteiger partial charge is 0.135 e. The minimum absolute atomic E-state index is 0.0117. The van der Waals surface area contributed by atoms with Crippen LogP contribution >= 0.6 is 11.6 Å². The van der Waals surface area contributed by atoms with Gasteiger partial charge in [0, 0.05) is 11.8 Å². The van der Waals surface area contributed by atoms with Crippen LogP contribution in [0.25, 0.3) is 0 Å². The van der Waals surface area contributed by atoms with Gasteiger partial charge in [-0.15, -0.1) is 11.6 Å². The lowest BCUT2D eigenvalue weighted by molar-refractivity contribution is -0.123. The number of halogens is 1. The molecule has 60 valence electrons. The van der Waals surface area contributed by atoms with Crippen LogP contribution in [0.3, 0.4) is 0 Å². The molecule has 0 spiro atoms. The number of alkyl halides is 1. The zero-order valence-corrected chi connectivity index (χ0v) is 7.06. The van der Waals surface area contributed by atoms with Crippen LogP contribution in [0, 0.1) is 5.92 Å². The van der Waals surface area contributed by atoms with E-state index in [1.54, 1.807) is 6.92 Å². The quantitative estimate of drug-likeness (QED) is 0.634. The molecule has 0 aliphatic carbocycles. The van der Waals surface area contributed by atoms with E-state index in [0.29, 0.717) is 12.3 Å². The lowest BCUT2D eigenvalue weighted by Gasteiger charge is -2.13. The number of ketones is 1. The maximum Gasteiger partial charge on any atom is 0.135 e. The van der Waals surface area contributed by atoms with Crippen LogP contribution in [0.15, 0.2) is 0 Å². The molecule has 3 heteroatoms. The van der Waals surface area contributed by atoms with Crippen molar-refractivity contribution in [3.8, 4) is 0 Å². The van der Waals surface area contributed by atoms with E-state index in [2.05, 4.69) is 0 Å². The molecule has 2 atom stereocenters. The van der Waals surface area contributed by atoms with Gasteiger partial charge >= 0.3 is 0 Å². The molecule has 0 aromatic rings. The third kappa shape index (κ3) is 3.18. The molecule has 0 aliphatic rings. The highest BCUT2D eigenvalue weighted by atomic mass is 35.5. The number of hydrogen-bond acceptors (Lipinski definition) is 2. The summed E-state index contributed by atoms with van der Waals surface area (Å²) in [7, 11) is 0. The Hall–Kier alpha value is -0.0800. The van der Waals surface area contributed by atoms with E-state index in [9.17, 15) is 9.90 Å². The van der Waals surface area contributed by atoms with Gasteiger partial charge in [0.1, 0.15) is 5.78 Å². The zero-order valence-electron chi connectivity index (χ0n) is 6.30. The summed E-state index contributed by atoms with van der Waals surface area (Å²) in [4.78, 5) is 10.7. The standard InChI is InChI=1S/C7H13ClO2/c1-5(6(2)9)7(10)3-4-8/h5,7,10H,3-4H2,1-2H3. The van der Waals surface area contributed by atoms with Crippen LogP contribution in [-0.4, -0.2) is 22.9 Å². The maximum atomic E-state index is 10.7. The van der Waals surface area contributed by atoms with Crippen molar-refractivity contribution in [2.24, 2.45) is 5.92 Å². The van der Waals surface area contributed by atoms with Crippen LogP contribution < -0.4 is 0 Å². The largest absolute Gasteiger partial charge is 0.392 e. The Balaban J connectivity index is 3.69. The van der Waals surface area contributed by atoms with Crippen molar-refractivity contribution in [3.63, 3.8) is 0 Å². The van der Waals surface area contributed by atoms with E-state index in [1.807, 2.05) is 0 Å². The Morgan fingerprint density at radius 1 is 1.70 bits per heavy atom. The third-order valence-electron chi connectivity index (χ3n) is 1.62. The van der Waals surface area contributed by atoms with E-state index in [1.165, 1.54) is 6.92 Å². The Bertz CT molecular complexity index is 114. The first kappa shape index (κ1) is 9.92. The van der Waals surface area contributed by atoms with Crippen molar-refractivity contribution in [1.29, 1.82) is 0 Å². The molecule has 0 fully saturated rings. The average Bonchev–Trinajstić information content (AvgIpc) is 1.87. The summed E-state index contributed by atoms with van der Waals surface area (Å²) in [6.07, 6.45) is -0.0857. The van der Waals surface area contributed by atoms with Crippen molar-refractivity contribution in [1.82, 2.24) is 0 Å². The molecule has 0 saturated heterocycles. The molecular weight excluding hydrogens is 152 g/mol. The maximum absolute atomic E-state index is 10.7. The van der Waals surface area contributed by atoms with Gasteiger partial charge in [0.2, 0.25) is 0 Å². The first-order valence-corrected chi connectivity index (χ1v) is 3.87. The number of hydrogen-bond donors (Lipinski definition) is 1. The Morgan fingerprint density at radius 2 is 2.20 bits per heavy atom. The van der Waals surface area contributed by atoms with E-state index >= 15 is 0 Å². The van der Waals surface area contributed by atoms with Gasteiger partial charge in [-0.3, -0.25) is 4.79 Å². The molecule has 0 bridgehead atoms. The molecule has 0 rings (SSSR count). The number of carbonyl (C=O) groups excluding carboxylic acids is 1. The topological polar surface area (TPSA) is 37.3 Å². The highest BCUT2D eigenvalue weighted by Gasteiger charge is 2.16. The first-order valence-electron chi connectivity index (χ1n) is 3.34. The molecule has 0 heterocycles. The monoisotopic (exact) mass is 164 g/mol. The van der Waals surface area contributed by atoms with E-state index in [4.69, 9.17) is 11.6 Å². The highest BCUT2D eigenvalue weighted by Crippen LogP contribution is 2.08. The van der Waals surface area contributed by atoms with Crippen LogP contribution in [0.2, 0.25) is 0 Å². The van der Waals surface area contributed by atoms with E-state index < -0.39 is 6.10 Å². The van der Waals surface area contributed by atoms with E-state index in [0.717, 1.165) is 0 Å². The van der Waals surface area contributed by atoms with Gasteiger partial charge in [-0.1, -0.05) is 6.92 Å². The fourth-order valence-electron chi connectivity index (χ4n) is 0.633. The SMILES string of the molecule is CC(=O)C(C)C(O)CCCl. The summed E-state index contributed by atoms with van der Waals surface area (Å²) in [5.41, 5.74) is 0. The fraction of sp³-hybridized carbons (Fsp3) is 0.857. The van der Waals surface area contributed by atoms with Gasteiger partial charge in [-0.2, -0.15) is 0 Å². The lowest BCUT2D eigenvalue weighted by Crippen LogP contribution is -2.23. The highest BCUT2D eigenvalue weighted by molar-refractivity contribution is 6.17. The fourth-order valence-corrected chi connectivity index (χ4v) is 0.856. The average molecular weight is 165 g/mol. The van der Waals surface area contributed by atoms with Gasteiger partial charge in [-0.25, -0.2) is 0 Å². The van der Waals surface area contributed by atoms with Gasteiger partial charge in [0.15, 0.2) is 0 Å². The zero-order chi connectivity index (χ0) is 8.15. The van der Waals surface area contributed by atoms with Crippen molar-refractivity contribution in [2.45, 2.75) is 26.4 Å².